The molecule has 140 valence electrons. The lowest BCUT2D eigenvalue weighted by atomic mass is 10.1. The van der Waals surface area contributed by atoms with Crippen molar-refractivity contribution in [3.8, 4) is 6.07 Å². The molecule has 0 unspecified atom stereocenters. The number of amides is 1. The normalized spacial score (nSPS) is 11.3. The van der Waals surface area contributed by atoms with Crippen LogP contribution in [0, 0.1) is 11.3 Å². The summed E-state index contributed by atoms with van der Waals surface area (Å²) in [5.74, 6) is 0.808. The zero-order chi connectivity index (χ0) is 19.9. The van der Waals surface area contributed by atoms with Gasteiger partial charge in [0.25, 0.3) is 5.91 Å². The van der Waals surface area contributed by atoms with E-state index in [1.165, 1.54) is 0 Å². The third-order valence-electron chi connectivity index (χ3n) is 4.38. The largest absolute Gasteiger partial charge is 0.348 e. The smallest absolute Gasteiger partial charge is 0.259 e. The van der Waals surface area contributed by atoms with Crippen molar-refractivity contribution >= 4 is 17.7 Å². The summed E-state index contributed by atoms with van der Waals surface area (Å²) in [6, 6.07) is 20.4. The van der Waals surface area contributed by atoms with Crippen LogP contribution in [0.1, 0.15) is 41.4 Å². The minimum Gasteiger partial charge on any atom is -0.348 e. The Kier molecular flexibility index (Phi) is 5.97. The fourth-order valence-corrected chi connectivity index (χ4v) is 2.84. The van der Waals surface area contributed by atoms with Crippen molar-refractivity contribution < 1.29 is 4.79 Å². The van der Waals surface area contributed by atoms with Gasteiger partial charge in [-0.2, -0.15) is 10.2 Å². The van der Waals surface area contributed by atoms with Crippen LogP contribution in [0.15, 0.2) is 66.9 Å². The number of aromatic nitrogens is 2. The molecule has 1 N–H and O–H groups in total. The highest BCUT2D eigenvalue weighted by atomic mass is 16.2. The molecule has 28 heavy (non-hydrogen) atoms. The topological polar surface area (TPSA) is 81.9 Å². The van der Waals surface area contributed by atoms with Crippen molar-refractivity contribution in [3.05, 3.63) is 83.6 Å². The summed E-state index contributed by atoms with van der Waals surface area (Å²) in [7, 11) is 0. The van der Waals surface area contributed by atoms with Gasteiger partial charge >= 0.3 is 0 Å². The van der Waals surface area contributed by atoms with E-state index in [0.717, 1.165) is 5.56 Å². The minimum atomic E-state index is -0.173. The Morgan fingerprint density at radius 2 is 1.86 bits per heavy atom. The van der Waals surface area contributed by atoms with Crippen molar-refractivity contribution in [1.29, 1.82) is 5.26 Å². The van der Waals surface area contributed by atoms with Crippen molar-refractivity contribution in [2.24, 2.45) is 0 Å². The first kappa shape index (κ1) is 19.1. The molecule has 3 rings (SSSR count). The zero-order valence-corrected chi connectivity index (χ0v) is 15.8. The van der Waals surface area contributed by atoms with E-state index in [9.17, 15) is 4.79 Å². The van der Waals surface area contributed by atoms with Crippen LogP contribution in [0.2, 0.25) is 0 Å². The molecule has 3 aromatic rings. The Bertz CT molecular complexity index is 980. The Hall–Kier alpha value is -3.72. The molecule has 1 aromatic heterocycles. The second-order valence-corrected chi connectivity index (χ2v) is 6.25. The molecule has 0 fully saturated rings. The van der Waals surface area contributed by atoms with Gasteiger partial charge in [-0.05, 0) is 49.7 Å². The number of nitrogens with one attached hydrogen (secondary N) is 1. The summed E-state index contributed by atoms with van der Waals surface area (Å²) >= 11 is 0. The second-order valence-electron chi connectivity index (χ2n) is 6.25. The molecule has 0 saturated carbocycles. The number of hydrogen-bond acceptors (Lipinski definition) is 5. The van der Waals surface area contributed by atoms with E-state index in [0.29, 0.717) is 29.4 Å². The van der Waals surface area contributed by atoms with Crippen LogP contribution < -0.4 is 10.2 Å². The van der Waals surface area contributed by atoms with Crippen molar-refractivity contribution in [2.75, 3.05) is 16.8 Å². The third kappa shape index (κ3) is 4.33. The highest BCUT2D eigenvalue weighted by Crippen LogP contribution is 2.20. The van der Waals surface area contributed by atoms with Gasteiger partial charge in [0, 0.05) is 18.3 Å². The average Bonchev–Trinajstić information content (AvgIpc) is 2.75. The highest BCUT2D eigenvalue weighted by molar-refractivity contribution is 6.05. The van der Waals surface area contributed by atoms with Crippen LogP contribution in [0.5, 0.6) is 0 Å². The van der Waals surface area contributed by atoms with Gasteiger partial charge < -0.3 is 5.32 Å². The average molecular weight is 371 g/mol. The molecule has 0 aliphatic rings. The van der Waals surface area contributed by atoms with E-state index < -0.39 is 0 Å². The Balaban J connectivity index is 1.80. The Labute approximate surface area is 164 Å². The van der Waals surface area contributed by atoms with Gasteiger partial charge in [-0.15, -0.1) is 0 Å². The van der Waals surface area contributed by atoms with Crippen LogP contribution >= 0.6 is 0 Å². The molecule has 2 aromatic carbocycles. The van der Waals surface area contributed by atoms with E-state index >= 15 is 0 Å². The monoisotopic (exact) mass is 371 g/mol. The molecule has 0 saturated heterocycles. The zero-order valence-electron chi connectivity index (χ0n) is 15.8. The van der Waals surface area contributed by atoms with Gasteiger partial charge in [0.15, 0.2) is 0 Å². The molecule has 1 atom stereocenters. The van der Waals surface area contributed by atoms with Crippen molar-refractivity contribution in [1.82, 2.24) is 9.97 Å². The molecule has 0 aliphatic carbocycles. The Morgan fingerprint density at radius 3 is 2.50 bits per heavy atom. The number of nitriles is 1. The second kappa shape index (κ2) is 8.78. The molecular weight excluding hydrogens is 350 g/mol. The van der Waals surface area contributed by atoms with Crippen LogP contribution in [-0.2, 0) is 0 Å². The standard InChI is InChI=1S/C22H21N5O/c1-3-27(21(28)19-11-9-17(15-23)10-12-19)20-13-14-24-22(26-20)25-16(2)18-7-5-4-6-8-18/h4-14,16H,3H2,1-2H3,(H,24,25,26)/t16-/m0/s1. The molecule has 6 heteroatoms. The summed E-state index contributed by atoms with van der Waals surface area (Å²) in [6.45, 7) is 4.39. The predicted molar refractivity (Wildman–Crippen MR) is 109 cm³/mol. The first-order valence-electron chi connectivity index (χ1n) is 9.09. The summed E-state index contributed by atoms with van der Waals surface area (Å²) in [5, 5.41) is 12.2. The predicted octanol–water partition coefficient (Wildman–Crippen LogP) is 4.19. The number of carbonyl (C=O) groups excluding carboxylic acids is 1. The summed E-state index contributed by atoms with van der Waals surface area (Å²) in [4.78, 5) is 23.3. The molecule has 0 aliphatic heterocycles. The lowest BCUT2D eigenvalue weighted by molar-refractivity contribution is 0.0987. The molecule has 0 radical (unpaired) electrons. The van der Waals surface area contributed by atoms with E-state index in [2.05, 4.69) is 21.4 Å². The maximum Gasteiger partial charge on any atom is 0.259 e. The molecule has 0 spiro atoms. The quantitative estimate of drug-likeness (QED) is 0.703. The van der Waals surface area contributed by atoms with Crippen LogP contribution in [0.3, 0.4) is 0 Å². The van der Waals surface area contributed by atoms with Gasteiger partial charge in [0.05, 0.1) is 17.7 Å². The fraction of sp³-hybridized carbons (Fsp3) is 0.182. The molecular formula is C22H21N5O. The number of nitrogens with zero attached hydrogens (tertiary/aromatic N) is 4. The maximum absolute atomic E-state index is 12.9. The fourth-order valence-electron chi connectivity index (χ4n) is 2.84. The minimum absolute atomic E-state index is 0.0285. The summed E-state index contributed by atoms with van der Waals surface area (Å²) in [5.41, 5.74) is 2.15. The van der Waals surface area contributed by atoms with Crippen molar-refractivity contribution in [2.45, 2.75) is 19.9 Å². The molecule has 0 bridgehead atoms. The van der Waals surface area contributed by atoms with E-state index in [-0.39, 0.29) is 11.9 Å². The van der Waals surface area contributed by atoms with Gasteiger partial charge in [-0.25, -0.2) is 4.98 Å². The number of rotatable bonds is 6. The molecule has 1 amide bonds. The van der Waals surface area contributed by atoms with Crippen LogP contribution in [0.25, 0.3) is 0 Å². The van der Waals surface area contributed by atoms with E-state index in [1.807, 2.05) is 44.2 Å². The number of hydrogen-bond donors (Lipinski definition) is 1. The lowest BCUT2D eigenvalue weighted by Crippen LogP contribution is -2.31. The Morgan fingerprint density at radius 1 is 1.14 bits per heavy atom. The molecule has 1 heterocycles. The highest BCUT2D eigenvalue weighted by Gasteiger charge is 2.18. The number of carbonyl (C=O) groups is 1. The van der Waals surface area contributed by atoms with Gasteiger partial charge in [-0.1, -0.05) is 30.3 Å². The lowest BCUT2D eigenvalue weighted by Gasteiger charge is -2.21. The number of anilines is 2. The maximum atomic E-state index is 12.9. The van der Waals surface area contributed by atoms with E-state index in [4.69, 9.17) is 5.26 Å². The molecule has 6 nitrogen and oxygen atoms in total. The van der Waals surface area contributed by atoms with Gasteiger partial charge in [-0.3, -0.25) is 9.69 Å². The van der Waals surface area contributed by atoms with Crippen LogP contribution in [0.4, 0.5) is 11.8 Å². The SMILES string of the molecule is CCN(C(=O)c1ccc(C#N)cc1)c1ccnc(N[C@@H](C)c2ccccc2)n1. The number of benzene rings is 2. The van der Waals surface area contributed by atoms with Crippen LogP contribution in [-0.4, -0.2) is 22.4 Å². The summed E-state index contributed by atoms with van der Waals surface area (Å²) < 4.78 is 0. The van der Waals surface area contributed by atoms with E-state index in [1.54, 1.807) is 41.4 Å². The van der Waals surface area contributed by atoms with Gasteiger partial charge in [0.1, 0.15) is 5.82 Å². The third-order valence-corrected chi connectivity index (χ3v) is 4.38. The van der Waals surface area contributed by atoms with Gasteiger partial charge in [0.2, 0.25) is 5.95 Å². The first-order valence-corrected chi connectivity index (χ1v) is 9.09. The first-order chi connectivity index (χ1) is 13.6. The summed E-state index contributed by atoms with van der Waals surface area (Å²) in [6.07, 6.45) is 1.64. The van der Waals surface area contributed by atoms with Crippen molar-refractivity contribution in [3.63, 3.8) is 0 Å².